The summed E-state index contributed by atoms with van der Waals surface area (Å²) in [5.74, 6) is 0.826. The molecule has 0 radical (unpaired) electrons. The summed E-state index contributed by atoms with van der Waals surface area (Å²) < 4.78 is 2.22. The van der Waals surface area contributed by atoms with Crippen LogP contribution in [0.5, 0.6) is 0 Å². The van der Waals surface area contributed by atoms with Gasteiger partial charge in [0, 0.05) is 13.3 Å². The number of hydrogen-bond acceptors (Lipinski definition) is 0. The predicted molar refractivity (Wildman–Crippen MR) is 42.2 cm³/mol. The molecule has 54 valence electrons. The molecule has 0 saturated heterocycles. The summed E-state index contributed by atoms with van der Waals surface area (Å²) in [6.07, 6.45) is 3.41. The van der Waals surface area contributed by atoms with Crippen LogP contribution in [0.15, 0.2) is 0 Å². The number of rotatable bonds is 3. The van der Waals surface area contributed by atoms with Crippen molar-refractivity contribution in [3.63, 3.8) is 0 Å². The topological polar surface area (TPSA) is 3.01 Å². The molecule has 0 unspecified atom stereocenters. The maximum absolute atomic E-state index is 2.25. The van der Waals surface area contributed by atoms with E-state index in [1.165, 1.54) is 13.0 Å². The van der Waals surface area contributed by atoms with E-state index in [9.17, 15) is 0 Å². The first-order valence-corrected chi connectivity index (χ1v) is 3.66. The van der Waals surface area contributed by atoms with E-state index >= 15 is 0 Å². The molecule has 0 spiro atoms. The van der Waals surface area contributed by atoms with Gasteiger partial charge in [0.2, 0.25) is 0 Å². The van der Waals surface area contributed by atoms with E-state index in [0.717, 1.165) is 5.92 Å². The molecular weight excluding hydrogens is 110 g/mol. The molecule has 0 aliphatic rings. The minimum atomic E-state index is 0.826. The summed E-state index contributed by atoms with van der Waals surface area (Å²) in [5.41, 5.74) is 0. The second-order valence-electron chi connectivity index (χ2n) is 2.92. The summed E-state index contributed by atoms with van der Waals surface area (Å²) in [6.45, 7) is 7.77. The van der Waals surface area contributed by atoms with Crippen LogP contribution in [0.3, 0.4) is 0 Å². The van der Waals surface area contributed by atoms with Crippen LogP contribution in [0, 0.1) is 5.92 Å². The van der Waals surface area contributed by atoms with Crippen LogP contribution in [0.2, 0.25) is 0 Å². The normalized spacial score (nSPS) is 12.8. The van der Waals surface area contributed by atoms with Crippen LogP contribution in [0.25, 0.3) is 0 Å². The second kappa shape index (κ2) is 4.54. The van der Waals surface area contributed by atoms with Gasteiger partial charge in [0.1, 0.15) is 19.8 Å². The van der Waals surface area contributed by atoms with Gasteiger partial charge >= 0.3 is 0 Å². The molecule has 1 heteroatoms. The summed E-state index contributed by atoms with van der Waals surface area (Å²) in [4.78, 5) is 0. The van der Waals surface area contributed by atoms with Gasteiger partial charge < -0.3 is 0 Å². The zero-order valence-corrected chi connectivity index (χ0v) is 7.02. The lowest BCUT2D eigenvalue weighted by Gasteiger charge is -1.99. The van der Waals surface area contributed by atoms with E-state index in [1.54, 1.807) is 0 Å². The van der Waals surface area contributed by atoms with Crippen LogP contribution < -0.4 is 0 Å². The van der Waals surface area contributed by atoms with Crippen molar-refractivity contribution in [1.29, 1.82) is 0 Å². The van der Waals surface area contributed by atoms with E-state index in [0.29, 0.717) is 0 Å². The molecule has 0 aromatic carbocycles. The van der Waals surface area contributed by atoms with E-state index in [1.807, 2.05) is 0 Å². The van der Waals surface area contributed by atoms with Crippen LogP contribution >= 0.6 is 0 Å². The molecule has 9 heavy (non-hydrogen) atoms. The molecule has 0 aliphatic heterocycles. The van der Waals surface area contributed by atoms with Crippen molar-refractivity contribution in [1.82, 2.24) is 0 Å². The molecular formula is C8H18N+. The average molecular weight is 128 g/mol. The van der Waals surface area contributed by atoms with E-state index < -0.39 is 0 Å². The van der Waals surface area contributed by atoms with Gasteiger partial charge in [0.05, 0.1) is 0 Å². The highest BCUT2D eigenvalue weighted by molar-refractivity contribution is 5.46. The van der Waals surface area contributed by atoms with E-state index in [-0.39, 0.29) is 0 Å². The Morgan fingerprint density at radius 1 is 1.44 bits per heavy atom. The molecule has 0 amide bonds. The summed E-state index contributed by atoms with van der Waals surface area (Å²) in [5, 5.41) is 0. The molecule has 0 aromatic heterocycles. The molecule has 0 N–H and O–H groups in total. The van der Waals surface area contributed by atoms with Crippen LogP contribution in [0.4, 0.5) is 0 Å². The average Bonchev–Trinajstić information content (AvgIpc) is 1.83. The Hall–Kier alpha value is -0.330. The molecule has 0 heterocycles. The van der Waals surface area contributed by atoms with E-state index in [2.05, 4.69) is 38.6 Å². The smallest absolute Gasteiger partial charge is 0.142 e. The highest BCUT2D eigenvalue weighted by Crippen LogP contribution is 1.97. The third-order valence-corrected chi connectivity index (χ3v) is 1.50. The Morgan fingerprint density at radius 3 is 2.33 bits per heavy atom. The van der Waals surface area contributed by atoms with Gasteiger partial charge in [-0.3, -0.25) is 0 Å². The van der Waals surface area contributed by atoms with Gasteiger partial charge in [-0.05, 0) is 5.92 Å². The van der Waals surface area contributed by atoms with Crippen molar-refractivity contribution >= 4 is 6.21 Å². The summed E-state index contributed by atoms with van der Waals surface area (Å²) >= 11 is 0. The zero-order valence-electron chi connectivity index (χ0n) is 7.02. The summed E-state index contributed by atoms with van der Waals surface area (Å²) in [7, 11) is 2.11. The molecule has 0 aliphatic carbocycles. The molecule has 1 nitrogen and oxygen atoms in total. The van der Waals surface area contributed by atoms with Gasteiger partial charge in [-0.2, -0.15) is 0 Å². The Labute approximate surface area is 58.4 Å². The van der Waals surface area contributed by atoms with Crippen molar-refractivity contribution in [3.8, 4) is 0 Å². The molecule has 0 aromatic rings. The number of hydrogen-bond donors (Lipinski definition) is 0. The fourth-order valence-corrected chi connectivity index (χ4v) is 0.591. The first-order chi connectivity index (χ1) is 4.16. The van der Waals surface area contributed by atoms with E-state index in [4.69, 9.17) is 0 Å². The van der Waals surface area contributed by atoms with Crippen LogP contribution in [-0.4, -0.2) is 24.4 Å². The lowest BCUT2D eigenvalue weighted by atomic mass is 10.1. The third-order valence-electron chi connectivity index (χ3n) is 1.50. The third kappa shape index (κ3) is 5.54. The minimum Gasteiger partial charge on any atom is -0.242 e. The van der Waals surface area contributed by atoms with Crippen molar-refractivity contribution in [3.05, 3.63) is 0 Å². The SMILES string of the molecule is CC=[N+](C)CCC(C)C. The van der Waals surface area contributed by atoms with Crippen LogP contribution in [0.1, 0.15) is 27.2 Å². The Bertz CT molecular complexity index is 92.7. The van der Waals surface area contributed by atoms with Gasteiger partial charge in [0.15, 0.2) is 0 Å². The van der Waals surface area contributed by atoms with Gasteiger partial charge in [0.25, 0.3) is 0 Å². The lowest BCUT2D eigenvalue weighted by molar-refractivity contribution is -0.494. The fourth-order valence-electron chi connectivity index (χ4n) is 0.591. The Kier molecular flexibility index (Phi) is 4.37. The molecule has 0 saturated carbocycles. The highest BCUT2D eigenvalue weighted by Gasteiger charge is 1.97. The predicted octanol–water partition coefficient (Wildman–Crippen LogP) is 1.77. The Morgan fingerprint density at radius 2 is 2.00 bits per heavy atom. The van der Waals surface area contributed by atoms with Crippen molar-refractivity contribution < 1.29 is 4.58 Å². The number of nitrogens with zero attached hydrogens (tertiary/aromatic N) is 1. The van der Waals surface area contributed by atoms with Crippen molar-refractivity contribution in [2.24, 2.45) is 5.92 Å². The quantitative estimate of drug-likeness (QED) is 0.402. The Balaban J connectivity index is 3.28. The standard InChI is InChI=1S/C8H18N/c1-5-9(4)7-6-8(2)3/h5,8H,6-7H2,1-4H3/q+1. The van der Waals surface area contributed by atoms with Gasteiger partial charge in [-0.15, -0.1) is 0 Å². The molecule has 0 fully saturated rings. The highest BCUT2D eigenvalue weighted by atomic mass is 14.9. The summed E-state index contributed by atoms with van der Waals surface area (Å²) in [6, 6.07) is 0. The zero-order chi connectivity index (χ0) is 7.28. The van der Waals surface area contributed by atoms with Crippen molar-refractivity contribution in [2.45, 2.75) is 27.2 Å². The lowest BCUT2D eigenvalue weighted by Crippen LogP contribution is -2.09. The largest absolute Gasteiger partial charge is 0.242 e. The second-order valence-corrected chi connectivity index (χ2v) is 2.92. The molecule has 0 atom stereocenters. The van der Waals surface area contributed by atoms with Crippen molar-refractivity contribution in [2.75, 3.05) is 13.6 Å². The fraction of sp³-hybridized carbons (Fsp3) is 0.875. The van der Waals surface area contributed by atoms with Gasteiger partial charge in [-0.1, -0.05) is 13.8 Å². The maximum Gasteiger partial charge on any atom is 0.142 e. The first-order valence-electron chi connectivity index (χ1n) is 3.66. The molecule has 0 bridgehead atoms. The molecule has 0 rings (SSSR count). The van der Waals surface area contributed by atoms with Crippen LogP contribution in [-0.2, 0) is 0 Å². The van der Waals surface area contributed by atoms with Gasteiger partial charge in [-0.25, -0.2) is 4.58 Å². The monoisotopic (exact) mass is 128 g/mol. The minimum absolute atomic E-state index is 0.826. The maximum atomic E-state index is 2.25. The first kappa shape index (κ1) is 8.67.